The smallest absolute Gasteiger partial charge is 0.294 e. The van der Waals surface area contributed by atoms with E-state index in [1.165, 1.54) is 119 Å². The molecule has 19 nitrogen and oxygen atoms in total. The van der Waals surface area contributed by atoms with Gasteiger partial charge < -0.3 is 29.8 Å². The van der Waals surface area contributed by atoms with Gasteiger partial charge in [0, 0.05) is 11.1 Å². The molecule has 0 radical (unpaired) electrons. The number of nitrogens with zero attached hydrogens (tertiary/aromatic N) is 8. The summed E-state index contributed by atoms with van der Waals surface area (Å²) in [5.41, 5.74) is 15.2. The third kappa shape index (κ3) is 13.4. The van der Waals surface area contributed by atoms with Gasteiger partial charge in [0.2, 0.25) is 10.9 Å². The van der Waals surface area contributed by atoms with E-state index in [0.717, 1.165) is 17.7 Å². The standard InChI is InChI=1S/2C31H24F3N5O3.C7H8O3S/c2*1-15(2)41-24-9-7-18(12-22(24)34)27-26-30(35)36-14-37-31(26)39(38-27)16(3)29-25(17-5-4-6-19(32)11-17)28(40)21-13-20(33)8-10-23(21)42-29;1-6-2-4-7(5-3-6)11(8,9)10/h2*4-16H,1-3H3,(H2,35,36,37);2-5H,1H3,(H,8,9,10)/t2*16-;/m00./s1. The first-order chi connectivity index (χ1) is 45.2. The van der Waals surface area contributed by atoms with E-state index >= 15 is 0 Å². The molecule has 0 unspecified atom stereocenters. The van der Waals surface area contributed by atoms with Crippen molar-refractivity contribution >= 4 is 65.8 Å². The van der Waals surface area contributed by atoms with Crippen LogP contribution in [0.5, 0.6) is 11.5 Å². The molecule has 0 saturated carbocycles. The van der Waals surface area contributed by atoms with Crippen LogP contribution in [-0.2, 0) is 10.1 Å². The van der Waals surface area contributed by atoms with E-state index in [2.05, 4.69) is 19.9 Å². The summed E-state index contributed by atoms with van der Waals surface area (Å²) < 4.78 is 143. The van der Waals surface area contributed by atoms with E-state index in [1.54, 1.807) is 77.9 Å². The van der Waals surface area contributed by atoms with Crippen LogP contribution in [0.25, 0.3) is 88.8 Å². The second kappa shape index (κ2) is 26.4. The minimum absolute atomic E-state index is 0.00183. The molecule has 0 fully saturated rings. The lowest BCUT2D eigenvalue weighted by atomic mass is 9.99. The maximum absolute atomic E-state index is 15.0. The molecule has 13 aromatic rings. The predicted octanol–water partition coefficient (Wildman–Crippen LogP) is 14.6. The zero-order chi connectivity index (χ0) is 67.9. The van der Waals surface area contributed by atoms with Crippen LogP contribution in [0, 0.1) is 41.8 Å². The van der Waals surface area contributed by atoms with Crippen LogP contribution in [0.2, 0.25) is 0 Å². The molecule has 26 heteroatoms. The van der Waals surface area contributed by atoms with Crippen molar-refractivity contribution in [2.24, 2.45) is 0 Å². The maximum Gasteiger partial charge on any atom is 0.294 e. The molecule has 0 aliphatic heterocycles. The Hall–Kier alpha value is -11.3. The number of halogens is 6. The molecule has 2 atom stereocenters. The summed E-state index contributed by atoms with van der Waals surface area (Å²) in [6.07, 6.45) is 2.07. The number of hydrogen-bond acceptors (Lipinski definition) is 16. The summed E-state index contributed by atoms with van der Waals surface area (Å²) in [7, 11) is -4.02. The Balaban J connectivity index is 0.000000167. The van der Waals surface area contributed by atoms with Crippen LogP contribution in [0.3, 0.4) is 0 Å². The van der Waals surface area contributed by atoms with E-state index in [-0.39, 0.29) is 96.0 Å². The fourth-order valence-electron chi connectivity index (χ4n) is 10.7. The van der Waals surface area contributed by atoms with Gasteiger partial charge in [0.05, 0.1) is 49.8 Å². The van der Waals surface area contributed by atoms with Crippen LogP contribution in [0.4, 0.5) is 38.0 Å². The number of nitrogens with two attached hydrogens (primary N) is 2. The molecule has 95 heavy (non-hydrogen) atoms. The third-order valence-corrected chi connectivity index (χ3v) is 15.8. The molecule has 5 N–H and O–H groups in total. The van der Waals surface area contributed by atoms with Gasteiger partial charge in [-0.25, -0.2) is 55.6 Å². The Morgan fingerprint density at radius 1 is 0.495 bits per heavy atom. The summed E-state index contributed by atoms with van der Waals surface area (Å²) in [6, 6.07) is 31.4. The molecule has 7 aromatic carbocycles. The molecule has 0 spiro atoms. The number of ether oxygens (including phenoxy) is 2. The molecular weight excluding hydrogens is 1260 g/mol. The van der Waals surface area contributed by atoms with Gasteiger partial charge in [-0.05, 0) is 169 Å². The minimum Gasteiger partial charge on any atom is -0.488 e. The van der Waals surface area contributed by atoms with Crippen molar-refractivity contribution in [1.29, 1.82) is 0 Å². The number of anilines is 2. The van der Waals surface area contributed by atoms with Gasteiger partial charge in [-0.2, -0.15) is 18.6 Å². The molecule has 0 amide bonds. The average molecular weight is 1320 g/mol. The first kappa shape index (κ1) is 65.2. The van der Waals surface area contributed by atoms with Crippen molar-refractivity contribution in [1.82, 2.24) is 39.5 Å². The summed E-state index contributed by atoms with van der Waals surface area (Å²) in [5.74, 6) is -2.90. The number of aromatic nitrogens is 8. The van der Waals surface area contributed by atoms with E-state index in [4.69, 9.17) is 44.5 Å². The number of rotatable bonds is 13. The number of hydrogen-bond donors (Lipinski definition) is 3. The predicted molar refractivity (Wildman–Crippen MR) is 346 cm³/mol. The third-order valence-electron chi connectivity index (χ3n) is 15.0. The highest BCUT2D eigenvalue weighted by atomic mass is 32.2. The maximum atomic E-state index is 15.0. The molecule has 484 valence electrons. The van der Waals surface area contributed by atoms with Gasteiger partial charge >= 0.3 is 0 Å². The van der Waals surface area contributed by atoms with Gasteiger partial charge in [-0.3, -0.25) is 14.1 Å². The van der Waals surface area contributed by atoms with E-state index in [9.17, 15) is 44.3 Å². The van der Waals surface area contributed by atoms with E-state index in [0.29, 0.717) is 44.6 Å². The van der Waals surface area contributed by atoms with Gasteiger partial charge in [0.15, 0.2) is 34.4 Å². The van der Waals surface area contributed by atoms with Crippen molar-refractivity contribution in [3.8, 4) is 56.3 Å². The monoisotopic (exact) mass is 1310 g/mol. The Bertz CT molecular complexity index is 5080. The zero-order valence-electron chi connectivity index (χ0n) is 51.4. The fourth-order valence-corrected chi connectivity index (χ4v) is 11.1. The van der Waals surface area contributed by atoms with E-state index in [1.807, 2.05) is 6.92 Å². The largest absolute Gasteiger partial charge is 0.488 e. The van der Waals surface area contributed by atoms with Crippen LogP contribution in [0.1, 0.15) is 70.7 Å². The lowest BCUT2D eigenvalue weighted by molar-refractivity contribution is 0.231. The summed E-state index contributed by atoms with van der Waals surface area (Å²) in [4.78, 5) is 44.4. The molecule has 6 aromatic heterocycles. The molecule has 0 saturated heterocycles. The van der Waals surface area contributed by atoms with Gasteiger partial charge in [-0.15, -0.1) is 0 Å². The Labute approximate surface area is 536 Å². The first-order valence-electron chi connectivity index (χ1n) is 29.2. The van der Waals surface area contributed by atoms with Gasteiger partial charge in [0.25, 0.3) is 10.1 Å². The van der Waals surface area contributed by atoms with Crippen LogP contribution in [0.15, 0.2) is 182 Å². The Kier molecular flexibility index (Phi) is 18.1. The van der Waals surface area contributed by atoms with Gasteiger partial charge in [0.1, 0.15) is 93.7 Å². The van der Waals surface area contributed by atoms with Crippen molar-refractivity contribution in [2.75, 3.05) is 11.5 Å². The second-order valence-corrected chi connectivity index (χ2v) is 23.8. The number of benzene rings is 7. The zero-order valence-corrected chi connectivity index (χ0v) is 52.3. The lowest BCUT2D eigenvalue weighted by Gasteiger charge is -2.17. The molecule has 6 heterocycles. The van der Waals surface area contributed by atoms with Crippen molar-refractivity contribution < 1.29 is 57.6 Å². The van der Waals surface area contributed by atoms with Crippen LogP contribution < -0.4 is 31.8 Å². The highest BCUT2D eigenvalue weighted by Crippen LogP contribution is 2.40. The fraction of sp³-hybridized carbons (Fsp3) is 0.159. The van der Waals surface area contributed by atoms with Crippen molar-refractivity contribution in [3.05, 3.63) is 231 Å². The van der Waals surface area contributed by atoms with E-state index < -0.39 is 68.0 Å². The number of nitrogen functional groups attached to an aromatic ring is 2. The normalized spacial score (nSPS) is 12.3. The quantitative estimate of drug-likeness (QED) is 0.0715. The summed E-state index contributed by atoms with van der Waals surface area (Å²) >= 11 is 0. The summed E-state index contributed by atoms with van der Waals surface area (Å²) in [5, 5.41) is 10.2. The van der Waals surface area contributed by atoms with Crippen molar-refractivity contribution in [2.45, 2.75) is 77.7 Å². The summed E-state index contributed by atoms with van der Waals surface area (Å²) in [6.45, 7) is 12.4. The Morgan fingerprint density at radius 2 is 0.895 bits per heavy atom. The first-order valence-corrected chi connectivity index (χ1v) is 30.7. The molecule has 0 aliphatic rings. The topological polar surface area (TPSA) is 272 Å². The molecule has 13 rings (SSSR count). The minimum atomic E-state index is -4.02. The van der Waals surface area contributed by atoms with Crippen LogP contribution >= 0.6 is 0 Å². The Morgan fingerprint density at radius 3 is 1.26 bits per heavy atom. The average Bonchev–Trinajstić information content (AvgIpc) is 1.71. The molecule has 0 aliphatic carbocycles. The lowest BCUT2D eigenvalue weighted by Crippen LogP contribution is -2.16. The molecule has 0 bridgehead atoms. The molecular formula is C69H56F6N10O9S. The van der Waals surface area contributed by atoms with Gasteiger partial charge in [-0.1, -0.05) is 42.0 Å². The van der Waals surface area contributed by atoms with Crippen molar-refractivity contribution in [3.63, 3.8) is 0 Å². The van der Waals surface area contributed by atoms with Crippen LogP contribution in [-0.4, -0.2) is 64.7 Å². The number of aryl methyl sites for hydroxylation is 1. The second-order valence-electron chi connectivity index (χ2n) is 22.4. The number of fused-ring (bicyclic) bond motifs is 4. The SMILES string of the molecule is CC(C)Oc1ccc(-c2nn([C@@H](C)c3oc4ccc(F)cc4c(=O)c3-c3cccc(F)c3)c3ncnc(N)c23)cc1F.CC(C)Oc1ccc(-c2nn([C@@H](C)c3oc4ccc(F)cc4c(=O)c3-c3cccc(F)c3)c3ncnc(N)c23)cc1F.Cc1ccc(S(=O)(=O)O)cc1. The highest BCUT2D eigenvalue weighted by Gasteiger charge is 2.30. The highest BCUT2D eigenvalue weighted by molar-refractivity contribution is 7.85.